The first-order valence-electron chi connectivity index (χ1n) is 7.03. The summed E-state index contributed by atoms with van der Waals surface area (Å²) in [6.07, 6.45) is 1.06. The van der Waals surface area contributed by atoms with Crippen LogP contribution in [0.5, 0.6) is 11.5 Å². The number of carbonyl (C=O) groups is 1. The van der Waals surface area contributed by atoms with E-state index in [-0.39, 0.29) is 31.1 Å². The molecule has 8 heteroatoms. The maximum Gasteiger partial charge on any atom is 0.231 e. The minimum Gasteiger partial charge on any atom is -0.454 e. The molecule has 3 N–H and O–H groups in total. The van der Waals surface area contributed by atoms with Gasteiger partial charge in [0.05, 0.1) is 5.69 Å². The van der Waals surface area contributed by atoms with E-state index in [1.807, 2.05) is 30.5 Å². The van der Waals surface area contributed by atoms with Crippen LogP contribution >= 0.6 is 23.7 Å². The van der Waals surface area contributed by atoms with E-state index in [2.05, 4.69) is 10.3 Å². The fourth-order valence-corrected chi connectivity index (χ4v) is 2.80. The smallest absolute Gasteiger partial charge is 0.231 e. The van der Waals surface area contributed by atoms with Gasteiger partial charge in [0.1, 0.15) is 0 Å². The van der Waals surface area contributed by atoms with E-state index < -0.39 is 0 Å². The Morgan fingerprint density at radius 1 is 1.43 bits per heavy atom. The first-order valence-corrected chi connectivity index (χ1v) is 7.91. The molecule has 0 spiro atoms. The van der Waals surface area contributed by atoms with Gasteiger partial charge >= 0.3 is 0 Å². The molecule has 0 bridgehead atoms. The highest BCUT2D eigenvalue weighted by molar-refractivity contribution is 7.14. The van der Waals surface area contributed by atoms with Crippen molar-refractivity contribution >= 4 is 34.8 Å². The van der Waals surface area contributed by atoms with Gasteiger partial charge in [0, 0.05) is 23.4 Å². The van der Waals surface area contributed by atoms with Crippen molar-refractivity contribution in [3.05, 3.63) is 23.6 Å². The van der Waals surface area contributed by atoms with Gasteiger partial charge in [-0.3, -0.25) is 4.79 Å². The summed E-state index contributed by atoms with van der Waals surface area (Å²) >= 11 is 1.39. The van der Waals surface area contributed by atoms with E-state index in [0.29, 0.717) is 23.7 Å². The van der Waals surface area contributed by atoms with Gasteiger partial charge in [-0.25, -0.2) is 4.98 Å². The fraction of sp³-hybridized carbons (Fsp3) is 0.333. The maximum absolute atomic E-state index is 11.8. The van der Waals surface area contributed by atoms with Gasteiger partial charge in [-0.15, -0.1) is 23.7 Å². The Morgan fingerprint density at radius 3 is 3.00 bits per heavy atom. The fourth-order valence-electron chi connectivity index (χ4n) is 2.06. The van der Waals surface area contributed by atoms with Crippen molar-refractivity contribution < 1.29 is 14.3 Å². The average molecular weight is 356 g/mol. The van der Waals surface area contributed by atoms with Crippen LogP contribution in [0.3, 0.4) is 0 Å². The summed E-state index contributed by atoms with van der Waals surface area (Å²) in [7, 11) is 0. The molecule has 124 valence electrons. The third-order valence-corrected chi connectivity index (χ3v) is 4.00. The van der Waals surface area contributed by atoms with Crippen molar-refractivity contribution in [1.82, 2.24) is 4.98 Å². The summed E-state index contributed by atoms with van der Waals surface area (Å²) in [5.41, 5.74) is 7.37. The second-order valence-corrected chi connectivity index (χ2v) is 6.03. The number of nitrogens with one attached hydrogen (secondary N) is 1. The largest absolute Gasteiger partial charge is 0.454 e. The number of nitrogens with two attached hydrogens (primary N) is 1. The van der Waals surface area contributed by atoms with Crippen molar-refractivity contribution in [3.8, 4) is 22.8 Å². The summed E-state index contributed by atoms with van der Waals surface area (Å²) in [6.45, 7) is 2.13. The lowest BCUT2D eigenvalue weighted by atomic mass is 10.1. The Morgan fingerprint density at radius 2 is 2.22 bits per heavy atom. The number of rotatable bonds is 5. The highest BCUT2D eigenvalue weighted by Gasteiger charge is 2.15. The number of halogens is 1. The molecule has 0 saturated heterocycles. The van der Waals surface area contributed by atoms with Gasteiger partial charge in [0.15, 0.2) is 16.6 Å². The number of hydrogen-bond acceptors (Lipinski definition) is 6. The van der Waals surface area contributed by atoms with Crippen LogP contribution in [0.4, 0.5) is 5.13 Å². The van der Waals surface area contributed by atoms with E-state index in [1.165, 1.54) is 11.3 Å². The molecule has 0 radical (unpaired) electrons. The standard InChI is InChI=1S/C15H17N3O3S.ClH/c1-9(16)2-5-14(19)18-15-17-11(7-22-15)10-3-4-12-13(6-10)21-8-20-12;/h3-4,6-7,9H,2,5,8,16H2,1H3,(H,17,18,19);1H. The molecule has 1 aromatic carbocycles. The second-order valence-electron chi connectivity index (χ2n) is 5.17. The molecule has 6 nitrogen and oxygen atoms in total. The van der Waals surface area contributed by atoms with Gasteiger partial charge < -0.3 is 20.5 Å². The second kappa shape index (κ2) is 7.63. The molecule has 0 saturated carbocycles. The molecular weight excluding hydrogens is 338 g/mol. The van der Waals surface area contributed by atoms with Crippen molar-refractivity contribution in [3.63, 3.8) is 0 Å². The molecule has 0 fully saturated rings. The van der Waals surface area contributed by atoms with E-state index in [1.54, 1.807) is 0 Å². The number of hydrogen-bond donors (Lipinski definition) is 2. The minimum absolute atomic E-state index is 0. The number of nitrogens with zero attached hydrogens (tertiary/aromatic N) is 1. The average Bonchev–Trinajstić information content (AvgIpc) is 3.12. The number of ether oxygens (including phenoxy) is 2. The number of fused-ring (bicyclic) bond motifs is 1. The van der Waals surface area contributed by atoms with Crippen LogP contribution < -0.4 is 20.5 Å². The molecule has 23 heavy (non-hydrogen) atoms. The van der Waals surface area contributed by atoms with Crippen LogP contribution in [0.1, 0.15) is 19.8 Å². The quantitative estimate of drug-likeness (QED) is 0.860. The maximum atomic E-state index is 11.8. The zero-order valence-corrected chi connectivity index (χ0v) is 14.2. The van der Waals surface area contributed by atoms with Crippen LogP contribution in [0.25, 0.3) is 11.3 Å². The number of anilines is 1. The molecule has 1 aliphatic heterocycles. The highest BCUT2D eigenvalue weighted by atomic mass is 35.5. The number of benzene rings is 1. The van der Waals surface area contributed by atoms with Gasteiger partial charge in [-0.1, -0.05) is 0 Å². The summed E-state index contributed by atoms with van der Waals surface area (Å²) in [4.78, 5) is 16.2. The lowest BCUT2D eigenvalue weighted by Gasteiger charge is -2.04. The minimum atomic E-state index is -0.0658. The van der Waals surface area contributed by atoms with Gasteiger partial charge in [-0.2, -0.15) is 0 Å². The predicted octanol–water partition coefficient (Wildman–Crippen LogP) is 3.03. The normalized spacial score (nSPS) is 13.3. The number of carbonyl (C=O) groups excluding carboxylic acids is 1. The summed E-state index contributed by atoms with van der Waals surface area (Å²) in [5.74, 6) is 1.39. The SMILES string of the molecule is CC(N)CCC(=O)Nc1nc(-c2ccc3c(c2)OCO3)cs1.Cl. The number of amides is 1. The molecule has 1 atom stereocenters. The third kappa shape index (κ3) is 4.34. The Hall–Kier alpha value is -1.83. The first kappa shape index (κ1) is 17.5. The first-order chi connectivity index (χ1) is 10.6. The van der Waals surface area contributed by atoms with Crippen LogP contribution in [0, 0.1) is 0 Å². The van der Waals surface area contributed by atoms with Crippen molar-refractivity contribution in [2.45, 2.75) is 25.8 Å². The summed E-state index contributed by atoms with van der Waals surface area (Å²) in [6, 6.07) is 5.69. The molecule has 2 heterocycles. The highest BCUT2D eigenvalue weighted by Crippen LogP contribution is 2.36. The predicted molar refractivity (Wildman–Crippen MR) is 92.4 cm³/mol. The van der Waals surface area contributed by atoms with Crippen molar-refractivity contribution in [1.29, 1.82) is 0 Å². The topological polar surface area (TPSA) is 86.5 Å². The molecule has 1 aromatic heterocycles. The van der Waals surface area contributed by atoms with Gasteiger partial charge in [0.25, 0.3) is 0 Å². The number of aromatic nitrogens is 1. The molecular formula is C15H18ClN3O3S. The Labute approximate surface area is 144 Å². The van der Waals surface area contributed by atoms with Gasteiger partial charge in [-0.05, 0) is 31.5 Å². The van der Waals surface area contributed by atoms with Crippen LogP contribution in [-0.2, 0) is 4.79 Å². The molecule has 3 rings (SSSR count). The van der Waals surface area contributed by atoms with Crippen molar-refractivity contribution in [2.75, 3.05) is 12.1 Å². The molecule has 1 amide bonds. The summed E-state index contributed by atoms with van der Waals surface area (Å²) in [5, 5.41) is 5.28. The molecule has 1 unspecified atom stereocenters. The molecule has 2 aromatic rings. The Kier molecular flexibility index (Phi) is 5.81. The van der Waals surface area contributed by atoms with Crippen LogP contribution in [0.2, 0.25) is 0 Å². The zero-order valence-electron chi connectivity index (χ0n) is 12.6. The van der Waals surface area contributed by atoms with Crippen LogP contribution in [-0.4, -0.2) is 23.7 Å². The third-order valence-electron chi connectivity index (χ3n) is 3.25. The Balaban J connectivity index is 0.00000192. The van der Waals surface area contributed by atoms with Crippen molar-refractivity contribution in [2.24, 2.45) is 5.73 Å². The van der Waals surface area contributed by atoms with Gasteiger partial charge in [0.2, 0.25) is 12.7 Å². The monoisotopic (exact) mass is 355 g/mol. The Bertz CT molecular complexity index is 690. The zero-order chi connectivity index (χ0) is 15.5. The number of thiazole rings is 1. The van der Waals surface area contributed by atoms with E-state index in [9.17, 15) is 4.79 Å². The van der Waals surface area contributed by atoms with E-state index in [4.69, 9.17) is 15.2 Å². The van der Waals surface area contributed by atoms with E-state index in [0.717, 1.165) is 17.0 Å². The summed E-state index contributed by atoms with van der Waals surface area (Å²) < 4.78 is 10.6. The van der Waals surface area contributed by atoms with Crippen LogP contribution in [0.15, 0.2) is 23.6 Å². The lowest BCUT2D eigenvalue weighted by molar-refractivity contribution is -0.116. The molecule has 0 aliphatic carbocycles. The van der Waals surface area contributed by atoms with E-state index >= 15 is 0 Å². The molecule has 1 aliphatic rings. The lowest BCUT2D eigenvalue weighted by Crippen LogP contribution is -2.19.